The van der Waals surface area contributed by atoms with Crippen molar-refractivity contribution in [3.05, 3.63) is 124 Å². The summed E-state index contributed by atoms with van der Waals surface area (Å²) in [6, 6.07) is 25.0. The van der Waals surface area contributed by atoms with Crippen LogP contribution in [0.15, 0.2) is 103 Å². The average Bonchev–Trinajstić information content (AvgIpc) is 3.36. The second-order valence-electron chi connectivity index (χ2n) is 9.57. The number of β-lactam (4-membered cyclic amide) rings is 1. The van der Waals surface area contributed by atoms with Gasteiger partial charge in [0.25, 0.3) is 11.6 Å². The predicted molar refractivity (Wildman–Crippen MR) is 149 cm³/mol. The van der Waals surface area contributed by atoms with Gasteiger partial charge in [-0.2, -0.15) is 0 Å². The number of carbonyl (C=O) groups excluding carboxylic acids is 3. The molecule has 10 nitrogen and oxygen atoms in total. The van der Waals surface area contributed by atoms with Gasteiger partial charge in [-0.25, -0.2) is 14.5 Å². The lowest BCUT2D eigenvalue weighted by Crippen LogP contribution is -2.72. The Morgan fingerprint density at radius 3 is 2.27 bits per heavy atom. The van der Waals surface area contributed by atoms with Crippen molar-refractivity contribution < 1.29 is 28.8 Å². The summed E-state index contributed by atoms with van der Waals surface area (Å²) in [4.78, 5) is 53.1. The van der Waals surface area contributed by atoms with E-state index in [2.05, 4.69) is 0 Å². The van der Waals surface area contributed by atoms with Gasteiger partial charge < -0.3 is 9.47 Å². The Morgan fingerprint density at radius 1 is 0.902 bits per heavy atom. The van der Waals surface area contributed by atoms with Crippen molar-refractivity contribution in [2.24, 2.45) is 0 Å². The van der Waals surface area contributed by atoms with Crippen molar-refractivity contribution in [3.8, 4) is 5.75 Å². The van der Waals surface area contributed by atoms with Crippen molar-refractivity contribution in [2.75, 3.05) is 6.61 Å². The number of carbonyl (C=O) groups is 3. The van der Waals surface area contributed by atoms with Gasteiger partial charge in [0.1, 0.15) is 18.4 Å². The van der Waals surface area contributed by atoms with E-state index >= 15 is 0 Å². The minimum atomic E-state index is -1.03. The largest absolute Gasteiger partial charge is 0.447 e. The molecular formula is C31H23N3O7. The molecule has 0 radical (unpaired) electrons. The zero-order valence-corrected chi connectivity index (χ0v) is 21.5. The van der Waals surface area contributed by atoms with E-state index in [1.54, 1.807) is 72.8 Å². The van der Waals surface area contributed by atoms with E-state index in [0.717, 1.165) is 10.5 Å². The molecule has 10 heteroatoms. The van der Waals surface area contributed by atoms with Crippen LogP contribution in [0.1, 0.15) is 17.2 Å². The molecular weight excluding hydrogens is 526 g/mol. The summed E-state index contributed by atoms with van der Waals surface area (Å²) in [5.41, 5.74) is 1.40. The number of fused-ring (bicyclic) bond motifs is 1. The van der Waals surface area contributed by atoms with Crippen molar-refractivity contribution in [1.29, 1.82) is 0 Å². The monoisotopic (exact) mass is 549 g/mol. The SMILES string of the molecule is O=C(Oc1ccccc1)N1C(=O)[C@H](N2C(=O)OCC2c2ccccc2)[C@H]1/C=C/c1ccc([N+](=O)[O-])c2ccccc12. The molecule has 0 bridgehead atoms. The highest BCUT2D eigenvalue weighted by atomic mass is 16.6. The second kappa shape index (κ2) is 10.6. The number of rotatable bonds is 6. The molecule has 2 heterocycles. The lowest BCUT2D eigenvalue weighted by molar-refractivity contribution is -0.383. The number of para-hydroxylation sites is 1. The number of non-ortho nitro benzene ring substituents is 1. The lowest BCUT2D eigenvalue weighted by Gasteiger charge is -2.47. The average molecular weight is 550 g/mol. The normalized spacial score (nSPS) is 20.2. The Bertz CT molecular complexity index is 1690. The summed E-state index contributed by atoms with van der Waals surface area (Å²) < 4.78 is 10.8. The van der Waals surface area contributed by atoms with Crippen molar-refractivity contribution in [2.45, 2.75) is 18.1 Å². The Labute approximate surface area is 234 Å². The van der Waals surface area contributed by atoms with E-state index in [1.165, 1.54) is 11.0 Å². The van der Waals surface area contributed by atoms with Crippen molar-refractivity contribution in [3.63, 3.8) is 0 Å². The number of ether oxygens (including phenoxy) is 2. The second-order valence-corrected chi connectivity index (χ2v) is 9.57. The highest BCUT2D eigenvalue weighted by Gasteiger charge is 2.58. The van der Waals surface area contributed by atoms with Crippen molar-refractivity contribution >= 4 is 40.6 Å². The molecule has 41 heavy (non-hydrogen) atoms. The van der Waals surface area contributed by atoms with E-state index < -0.39 is 41.1 Å². The molecule has 3 amide bonds. The van der Waals surface area contributed by atoms with Crippen LogP contribution in [-0.4, -0.2) is 51.5 Å². The number of nitrogens with zero attached hydrogens (tertiary/aromatic N) is 3. The van der Waals surface area contributed by atoms with Gasteiger partial charge in [-0.15, -0.1) is 0 Å². The smallest absolute Gasteiger partial charge is 0.422 e. The maximum atomic E-state index is 13.5. The first-order valence-electron chi connectivity index (χ1n) is 12.9. The Balaban J connectivity index is 1.38. The minimum absolute atomic E-state index is 0.0342. The van der Waals surface area contributed by atoms with Gasteiger partial charge in [0, 0.05) is 6.07 Å². The first kappa shape index (κ1) is 25.8. The van der Waals surface area contributed by atoms with Crippen LogP contribution >= 0.6 is 0 Å². The van der Waals surface area contributed by atoms with Gasteiger partial charge >= 0.3 is 12.2 Å². The summed E-state index contributed by atoms with van der Waals surface area (Å²) in [6.07, 6.45) is 1.79. The highest BCUT2D eigenvalue weighted by Crippen LogP contribution is 2.38. The summed E-state index contributed by atoms with van der Waals surface area (Å²) >= 11 is 0. The quantitative estimate of drug-likeness (QED) is 0.171. The Morgan fingerprint density at radius 2 is 1.56 bits per heavy atom. The van der Waals surface area contributed by atoms with Crippen molar-refractivity contribution in [1.82, 2.24) is 9.80 Å². The molecule has 1 unspecified atom stereocenters. The van der Waals surface area contributed by atoms with Crippen LogP contribution in [0, 0.1) is 10.1 Å². The van der Waals surface area contributed by atoms with Crippen LogP contribution in [0.4, 0.5) is 15.3 Å². The lowest BCUT2D eigenvalue weighted by atomic mass is 9.90. The summed E-state index contributed by atoms with van der Waals surface area (Å²) in [5.74, 6) is -0.338. The van der Waals surface area contributed by atoms with E-state index in [4.69, 9.17) is 9.47 Å². The number of hydrogen-bond acceptors (Lipinski definition) is 7. The fourth-order valence-electron chi connectivity index (χ4n) is 5.30. The maximum Gasteiger partial charge on any atom is 0.422 e. The van der Waals surface area contributed by atoms with E-state index in [9.17, 15) is 24.5 Å². The van der Waals surface area contributed by atoms with Gasteiger partial charge in [-0.3, -0.25) is 19.8 Å². The summed E-state index contributed by atoms with van der Waals surface area (Å²) in [6.45, 7) is 0.0600. The van der Waals surface area contributed by atoms with Crippen LogP contribution < -0.4 is 4.74 Å². The number of amides is 3. The third-order valence-corrected chi connectivity index (χ3v) is 7.26. The van der Waals surface area contributed by atoms with Crippen LogP contribution in [0.2, 0.25) is 0 Å². The van der Waals surface area contributed by atoms with Gasteiger partial charge in [0.15, 0.2) is 0 Å². The Kier molecular flexibility index (Phi) is 6.64. The molecule has 0 saturated carbocycles. The number of imide groups is 1. The fourth-order valence-corrected chi connectivity index (χ4v) is 5.30. The van der Waals surface area contributed by atoms with E-state index in [-0.39, 0.29) is 18.0 Å². The van der Waals surface area contributed by atoms with Gasteiger partial charge in [0.2, 0.25) is 0 Å². The molecule has 4 aromatic rings. The number of nitro benzene ring substituents is 1. The third kappa shape index (κ3) is 4.65. The van der Waals surface area contributed by atoms with E-state index in [1.807, 2.05) is 30.3 Å². The highest BCUT2D eigenvalue weighted by molar-refractivity contribution is 6.05. The first-order valence-corrected chi connectivity index (χ1v) is 12.9. The van der Waals surface area contributed by atoms with Crippen LogP contribution in [-0.2, 0) is 9.53 Å². The molecule has 0 aliphatic carbocycles. The van der Waals surface area contributed by atoms with Gasteiger partial charge in [0.05, 0.1) is 22.4 Å². The number of benzene rings is 4. The summed E-state index contributed by atoms with van der Waals surface area (Å²) in [7, 11) is 0. The molecule has 2 saturated heterocycles. The number of likely N-dealkylation sites (tertiary alicyclic amines) is 1. The molecule has 4 aromatic carbocycles. The molecule has 0 spiro atoms. The zero-order chi connectivity index (χ0) is 28.5. The third-order valence-electron chi connectivity index (χ3n) is 7.26. The van der Waals surface area contributed by atoms with Gasteiger partial charge in [-0.1, -0.05) is 78.9 Å². The maximum absolute atomic E-state index is 13.5. The molecule has 2 aliphatic heterocycles. The Hall–Kier alpha value is -5.51. The summed E-state index contributed by atoms with van der Waals surface area (Å²) in [5, 5.41) is 12.6. The number of hydrogen-bond donors (Lipinski definition) is 0. The van der Waals surface area contributed by atoms with Gasteiger partial charge in [-0.05, 0) is 40.8 Å². The standard InChI is InChI=1S/C31H23N3O7/c35-29-28(32-27(19-40-30(32)36)21-9-3-1-4-10-21)26(33(29)31(37)41-22-11-5-2-6-12-22)18-16-20-15-17-25(34(38)39)24-14-8-7-13-23(20)24/h1-18,26-28H,19H2/b18-16+/t26-,27?,28-/m1/s1. The van der Waals surface area contributed by atoms with Crippen LogP contribution in [0.3, 0.4) is 0 Å². The topological polar surface area (TPSA) is 119 Å². The van der Waals surface area contributed by atoms with Crippen LogP contribution in [0.25, 0.3) is 16.8 Å². The first-order chi connectivity index (χ1) is 19.9. The van der Waals surface area contributed by atoms with Crippen LogP contribution in [0.5, 0.6) is 5.75 Å². The molecule has 0 aromatic heterocycles. The minimum Gasteiger partial charge on any atom is -0.447 e. The number of cyclic esters (lactones) is 1. The molecule has 204 valence electrons. The number of nitro groups is 1. The van der Waals surface area contributed by atoms with E-state index in [0.29, 0.717) is 16.3 Å². The fraction of sp³-hybridized carbons (Fsp3) is 0.129. The zero-order valence-electron chi connectivity index (χ0n) is 21.5. The molecule has 6 rings (SSSR count). The molecule has 3 atom stereocenters. The molecule has 2 aliphatic rings. The molecule has 2 fully saturated rings. The predicted octanol–water partition coefficient (Wildman–Crippen LogP) is 5.73. The molecule has 0 N–H and O–H groups in total.